The quantitative estimate of drug-likeness (QED) is 0.354. The fourth-order valence-electron chi connectivity index (χ4n) is 2.01. The summed E-state index contributed by atoms with van der Waals surface area (Å²) in [4.78, 5) is 37.0. The van der Waals surface area contributed by atoms with Crippen molar-refractivity contribution >= 4 is 15.2 Å². The maximum atomic E-state index is 11.5. The average molecular weight is 345 g/mol. The fraction of sp³-hybridized carbons (Fsp3) is 1.00. The van der Waals surface area contributed by atoms with Crippen LogP contribution >= 0.6 is 15.2 Å². The molecule has 0 unspecified atom stereocenters. The molecule has 0 fully saturated rings. The highest BCUT2D eigenvalue weighted by Gasteiger charge is 2.55. The second-order valence-electron chi connectivity index (χ2n) is 5.89. The molecule has 0 aliphatic heterocycles. The van der Waals surface area contributed by atoms with Crippen molar-refractivity contribution in [3.8, 4) is 0 Å². The third kappa shape index (κ3) is 6.11. The molecule has 0 aliphatic carbocycles. The van der Waals surface area contributed by atoms with Gasteiger partial charge in [0, 0.05) is 12.6 Å². The van der Waals surface area contributed by atoms with Gasteiger partial charge < -0.3 is 24.5 Å². The predicted octanol–water partition coefficient (Wildman–Crippen LogP) is 2.35. The van der Waals surface area contributed by atoms with E-state index in [0.29, 0.717) is 0 Å². The van der Waals surface area contributed by atoms with Gasteiger partial charge in [-0.15, -0.1) is 0 Å². The van der Waals surface area contributed by atoms with Crippen molar-refractivity contribution in [1.82, 2.24) is 4.90 Å². The molecule has 4 N–H and O–H groups in total. The molecule has 9 heteroatoms. The Morgan fingerprint density at radius 3 is 1.81 bits per heavy atom. The first-order valence-corrected chi connectivity index (χ1v) is 10.4. The van der Waals surface area contributed by atoms with E-state index in [1.165, 1.54) is 0 Å². The summed E-state index contributed by atoms with van der Waals surface area (Å²) in [6.07, 6.45) is 2.83. The van der Waals surface area contributed by atoms with Gasteiger partial charge >= 0.3 is 15.2 Å². The van der Waals surface area contributed by atoms with Gasteiger partial charge in [-0.25, -0.2) is 0 Å². The van der Waals surface area contributed by atoms with Crippen LogP contribution in [0.5, 0.6) is 0 Å². The van der Waals surface area contributed by atoms with E-state index in [1.54, 1.807) is 0 Å². The van der Waals surface area contributed by atoms with Gasteiger partial charge in [-0.05, 0) is 40.2 Å². The largest absolute Gasteiger partial charge is 0.343 e. The zero-order valence-corrected chi connectivity index (χ0v) is 15.1. The highest BCUT2D eigenvalue weighted by Crippen LogP contribution is 2.70. The van der Waals surface area contributed by atoms with Crippen molar-refractivity contribution in [3.63, 3.8) is 0 Å². The van der Waals surface area contributed by atoms with E-state index >= 15 is 0 Å². The van der Waals surface area contributed by atoms with Crippen LogP contribution in [0.3, 0.4) is 0 Å². The Hall–Kier alpha value is 0.260. The van der Waals surface area contributed by atoms with Crippen LogP contribution in [0.25, 0.3) is 0 Å². The molecular formula is C12H29NO6P2. The molecule has 128 valence electrons. The van der Waals surface area contributed by atoms with Crippen molar-refractivity contribution in [2.75, 3.05) is 13.1 Å². The van der Waals surface area contributed by atoms with E-state index in [9.17, 15) is 28.7 Å². The van der Waals surface area contributed by atoms with E-state index in [1.807, 2.05) is 18.7 Å². The molecule has 0 saturated heterocycles. The van der Waals surface area contributed by atoms with Crippen molar-refractivity contribution in [2.45, 2.75) is 64.3 Å². The van der Waals surface area contributed by atoms with Crippen molar-refractivity contribution < 1.29 is 28.7 Å². The van der Waals surface area contributed by atoms with Crippen LogP contribution in [0.1, 0.15) is 53.4 Å². The molecule has 0 spiro atoms. The third-order valence-electron chi connectivity index (χ3n) is 3.91. The summed E-state index contributed by atoms with van der Waals surface area (Å²) in [5.74, 6) is 0. The molecule has 0 aromatic carbocycles. The Morgan fingerprint density at radius 1 is 1.00 bits per heavy atom. The smallest absolute Gasteiger partial charge is 0.324 e. The first-order chi connectivity index (χ1) is 9.37. The standard InChI is InChI=1S/C12H29NO6P2/c1-5-6-7-9-13(11(2)3)10-8-12(4,20(14,15)16)21(17,18)19/h11H,5-10H2,1-4H3,(H2,14,15,16)(H2,17,18,19). The number of nitrogens with zero attached hydrogens (tertiary/aromatic N) is 1. The molecule has 7 nitrogen and oxygen atoms in total. The summed E-state index contributed by atoms with van der Waals surface area (Å²) in [5.41, 5.74) is 0. The van der Waals surface area contributed by atoms with Crippen LogP contribution in [0, 0.1) is 0 Å². The predicted molar refractivity (Wildman–Crippen MR) is 83.3 cm³/mol. The van der Waals surface area contributed by atoms with E-state index in [4.69, 9.17) is 0 Å². The average Bonchev–Trinajstić information content (AvgIpc) is 2.29. The molecule has 0 amide bonds. The van der Waals surface area contributed by atoms with E-state index < -0.39 is 20.1 Å². The Morgan fingerprint density at radius 2 is 1.48 bits per heavy atom. The molecule has 21 heavy (non-hydrogen) atoms. The second kappa shape index (κ2) is 8.21. The van der Waals surface area contributed by atoms with Crippen LogP contribution in [0.15, 0.2) is 0 Å². The monoisotopic (exact) mass is 345 g/mol. The maximum absolute atomic E-state index is 11.5. The highest BCUT2D eigenvalue weighted by atomic mass is 31.2. The number of rotatable bonds is 10. The second-order valence-corrected chi connectivity index (χ2v) is 10.4. The molecule has 0 radical (unpaired) electrons. The Balaban J connectivity index is 4.95. The van der Waals surface area contributed by atoms with Crippen LogP contribution in [-0.2, 0) is 9.13 Å². The van der Waals surface area contributed by atoms with Crippen molar-refractivity contribution in [3.05, 3.63) is 0 Å². The first kappa shape index (κ1) is 21.3. The van der Waals surface area contributed by atoms with Gasteiger partial charge in [-0.3, -0.25) is 9.13 Å². The summed E-state index contributed by atoms with van der Waals surface area (Å²) in [6.45, 7) is 7.96. The SMILES string of the molecule is CCCCCN(CCC(C)(P(=O)(O)O)P(=O)(O)O)C(C)C. The number of hydrogen-bond donors (Lipinski definition) is 4. The third-order valence-corrected chi connectivity index (χ3v) is 8.43. The lowest BCUT2D eigenvalue weighted by Crippen LogP contribution is -2.37. The van der Waals surface area contributed by atoms with Gasteiger partial charge in [0.1, 0.15) is 0 Å². The minimum absolute atomic E-state index is 0.152. The molecule has 0 bridgehead atoms. The fourth-order valence-corrected chi connectivity index (χ4v) is 4.15. The normalized spacial score (nSPS) is 14.2. The van der Waals surface area contributed by atoms with Gasteiger partial charge in [0.2, 0.25) is 0 Å². The number of unbranched alkanes of at least 4 members (excludes halogenated alkanes) is 2. The Labute approximate surface area is 127 Å². The topological polar surface area (TPSA) is 118 Å². The summed E-state index contributed by atoms with van der Waals surface area (Å²) < 4.78 is 23.1. The van der Waals surface area contributed by atoms with E-state index in [-0.39, 0.29) is 19.0 Å². The van der Waals surface area contributed by atoms with Crippen LogP contribution in [0.4, 0.5) is 0 Å². The zero-order valence-electron chi connectivity index (χ0n) is 13.3. The summed E-state index contributed by atoms with van der Waals surface area (Å²) in [7, 11) is -9.83. The number of hydrogen-bond acceptors (Lipinski definition) is 3. The summed E-state index contributed by atoms with van der Waals surface area (Å²) in [6, 6.07) is 0.152. The molecular weight excluding hydrogens is 316 g/mol. The zero-order chi connectivity index (χ0) is 16.9. The van der Waals surface area contributed by atoms with E-state index in [2.05, 4.69) is 6.92 Å². The van der Waals surface area contributed by atoms with Crippen molar-refractivity contribution in [1.29, 1.82) is 0 Å². The molecule has 0 aromatic heterocycles. The van der Waals surface area contributed by atoms with Crippen LogP contribution < -0.4 is 0 Å². The lowest BCUT2D eigenvalue weighted by Gasteiger charge is -2.34. The first-order valence-electron chi connectivity index (χ1n) is 7.22. The van der Waals surface area contributed by atoms with Gasteiger partial charge in [0.15, 0.2) is 4.90 Å². The van der Waals surface area contributed by atoms with Gasteiger partial charge in [-0.1, -0.05) is 19.8 Å². The lowest BCUT2D eigenvalue weighted by molar-refractivity contribution is 0.203. The van der Waals surface area contributed by atoms with Gasteiger partial charge in [0.05, 0.1) is 0 Å². The molecule has 0 aromatic rings. The Bertz CT molecular complexity index is 381. The van der Waals surface area contributed by atoms with E-state index in [0.717, 1.165) is 32.7 Å². The molecule has 0 heterocycles. The lowest BCUT2D eigenvalue weighted by atomic mass is 10.2. The minimum Gasteiger partial charge on any atom is -0.324 e. The van der Waals surface area contributed by atoms with Crippen LogP contribution in [0.2, 0.25) is 0 Å². The molecule has 0 rings (SSSR count). The summed E-state index contributed by atoms with van der Waals surface area (Å²) >= 11 is 0. The highest BCUT2D eigenvalue weighted by molar-refractivity contribution is 7.72. The van der Waals surface area contributed by atoms with Gasteiger partial charge in [-0.2, -0.15) is 0 Å². The molecule has 0 aliphatic rings. The van der Waals surface area contributed by atoms with Crippen LogP contribution in [-0.4, -0.2) is 48.5 Å². The maximum Gasteiger partial charge on any atom is 0.343 e. The van der Waals surface area contributed by atoms with Crippen molar-refractivity contribution in [2.24, 2.45) is 0 Å². The minimum atomic E-state index is -4.92. The summed E-state index contributed by atoms with van der Waals surface area (Å²) in [5, 5.41) is 0. The molecule has 0 saturated carbocycles. The Kier molecular flexibility index (Phi) is 8.31. The molecule has 0 atom stereocenters. The van der Waals surface area contributed by atoms with Gasteiger partial charge in [0.25, 0.3) is 0 Å².